The molecule has 0 unspecified atom stereocenters. The maximum Gasteiger partial charge on any atom is 0.0701 e. The van der Waals surface area contributed by atoms with Crippen molar-refractivity contribution in [1.82, 2.24) is 5.32 Å². The summed E-state index contributed by atoms with van der Waals surface area (Å²) in [7, 11) is 2.08. The molecule has 1 aromatic heterocycles. The van der Waals surface area contributed by atoms with Gasteiger partial charge in [0.25, 0.3) is 0 Å². The zero-order valence-corrected chi connectivity index (χ0v) is 10.2. The maximum absolute atomic E-state index is 3.49. The van der Waals surface area contributed by atoms with Crippen molar-refractivity contribution in [2.24, 2.45) is 0 Å². The quantitative estimate of drug-likeness (QED) is 0.876. The van der Waals surface area contributed by atoms with E-state index in [0.29, 0.717) is 5.54 Å². The SMILES string of the molecule is CNC1(CCc2ccc(Br)s2)CC1. The largest absolute Gasteiger partial charge is 0.314 e. The van der Waals surface area contributed by atoms with Gasteiger partial charge in [0.05, 0.1) is 3.79 Å². The van der Waals surface area contributed by atoms with Crippen LogP contribution in [0.15, 0.2) is 15.9 Å². The Kier molecular flexibility index (Phi) is 2.77. The van der Waals surface area contributed by atoms with Crippen LogP contribution < -0.4 is 5.32 Å². The predicted octanol–water partition coefficient (Wildman–Crippen LogP) is 3.20. The number of hydrogen-bond donors (Lipinski definition) is 1. The Hall–Kier alpha value is 0.140. The third-order valence-electron chi connectivity index (χ3n) is 2.86. The fourth-order valence-electron chi connectivity index (χ4n) is 1.62. The first kappa shape index (κ1) is 9.69. The average molecular weight is 260 g/mol. The Morgan fingerprint density at radius 2 is 2.31 bits per heavy atom. The molecule has 13 heavy (non-hydrogen) atoms. The Morgan fingerprint density at radius 3 is 2.77 bits per heavy atom. The summed E-state index contributed by atoms with van der Waals surface area (Å²) in [6, 6.07) is 4.36. The van der Waals surface area contributed by atoms with Gasteiger partial charge in [0, 0.05) is 10.4 Å². The van der Waals surface area contributed by atoms with E-state index in [1.54, 1.807) is 0 Å². The van der Waals surface area contributed by atoms with Crippen molar-refractivity contribution in [3.05, 3.63) is 20.8 Å². The van der Waals surface area contributed by atoms with Gasteiger partial charge in [-0.2, -0.15) is 0 Å². The van der Waals surface area contributed by atoms with Crippen molar-refractivity contribution in [2.75, 3.05) is 7.05 Å². The lowest BCUT2D eigenvalue weighted by Crippen LogP contribution is -2.27. The first-order valence-electron chi connectivity index (χ1n) is 4.67. The van der Waals surface area contributed by atoms with Crippen LogP contribution in [0.3, 0.4) is 0 Å². The number of nitrogens with one attached hydrogen (secondary N) is 1. The van der Waals surface area contributed by atoms with Gasteiger partial charge in [0.1, 0.15) is 0 Å². The second-order valence-corrected chi connectivity index (χ2v) is 6.28. The van der Waals surface area contributed by atoms with Crippen LogP contribution in [-0.4, -0.2) is 12.6 Å². The van der Waals surface area contributed by atoms with Gasteiger partial charge in [0.15, 0.2) is 0 Å². The summed E-state index contributed by atoms with van der Waals surface area (Å²) in [4.78, 5) is 1.49. The normalized spacial score (nSPS) is 18.9. The highest BCUT2D eigenvalue weighted by Gasteiger charge is 2.40. The molecule has 1 N–H and O–H groups in total. The minimum absolute atomic E-state index is 0.496. The smallest absolute Gasteiger partial charge is 0.0701 e. The number of thiophene rings is 1. The Labute approximate surface area is 91.7 Å². The maximum atomic E-state index is 3.49. The lowest BCUT2D eigenvalue weighted by molar-refractivity contribution is 0.511. The molecule has 2 rings (SSSR count). The lowest BCUT2D eigenvalue weighted by atomic mass is 10.1. The molecule has 1 aliphatic rings. The van der Waals surface area contributed by atoms with Crippen LogP contribution in [-0.2, 0) is 6.42 Å². The van der Waals surface area contributed by atoms with Gasteiger partial charge in [-0.15, -0.1) is 11.3 Å². The van der Waals surface area contributed by atoms with E-state index in [0.717, 1.165) is 0 Å². The van der Waals surface area contributed by atoms with Gasteiger partial charge in [-0.1, -0.05) is 0 Å². The van der Waals surface area contributed by atoms with Crippen molar-refractivity contribution < 1.29 is 0 Å². The molecular weight excluding hydrogens is 246 g/mol. The van der Waals surface area contributed by atoms with E-state index in [2.05, 4.69) is 40.4 Å². The summed E-state index contributed by atoms with van der Waals surface area (Å²) < 4.78 is 1.25. The topological polar surface area (TPSA) is 12.0 Å². The van der Waals surface area contributed by atoms with E-state index in [4.69, 9.17) is 0 Å². The summed E-state index contributed by atoms with van der Waals surface area (Å²) >= 11 is 5.34. The van der Waals surface area contributed by atoms with Crippen molar-refractivity contribution in [3.8, 4) is 0 Å². The van der Waals surface area contributed by atoms with Crippen LogP contribution in [0.2, 0.25) is 0 Å². The lowest BCUT2D eigenvalue weighted by Gasteiger charge is -2.12. The molecule has 0 amide bonds. The monoisotopic (exact) mass is 259 g/mol. The Morgan fingerprint density at radius 1 is 1.54 bits per heavy atom. The van der Waals surface area contributed by atoms with E-state index in [1.165, 1.54) is 34.3 Å². The van der Waals surface area contributed by atoms with E-state index in [1.807, 2.05) is 11.3 Å². The van der Waals surface area contributed by atoms with E-state index in [-0.39, 0.29) is 0 Å². The van der Waals surface area contributed by atoms with Crippen molar-refractivity contribution in [3.63, 3.8) is 0 Å². The molecule has 3 heteroatoms. The minimum atomic E-state index is 0.496. The van der Waals surface area contributed by atoms with Gasteiger partial charge in [0.2, 0.25) is 0 Å². The van der Waals surface area contributed by atoms with Gasteiger partial charge >= 0.3 is 0 Å². The zero-order chi connectivity index (χ0) is 9.31. The number of hydrogen-bond acceptors (Lipinski definition) is 2. The van der Waals surface area contributed by atoms with Crippen molar-refractivity contribution in [2.45, 2.75) is 31.2 Å². The number of aryl methyl sites for hydroxylation is 1. The Balaban J connectivity index is 1.86. The summed E-state index contributed by atoms with van der Waals surface area (Å²) in [6.45, 7) is 0. The molecule has 0 saturated heterocycles. The van der Waals surface area contributed by atoms with Crippen molar-refractivity contribution >= 4 is 27.3 Å². The van der Waals surface area contributed by atoms with Crippen LogP contribution in [0.4, 0.5) is 0 Å². The first-order valence-corrected chi connectivity index (χ1v) is 6.28. The molecule has 1 nitrogen and oxygen atoms in total. The molecule has 1 heterocycles. The highest BCUT2D eigenvalue weighted by molar-refractivity contribution is 9.11. The summed E-state index contributed by atoms with van der Waals surface area (Å²) in [5.74, 6) is 0. The third-order valence-corrected chi connectivity index (χ3v) is 4.55. The average Bonchev–Trinajstić information content (AvgIpc) is 2.81. The standard InChI is InChI=1S/C10H14BrNS/c1-12-10(6-7-10)5-4-8-2-3-9(11)13-8/h2-3,12H,4-7H2,1H3. The number of halogens is 1. The Bertz CT molecular complexity index is 291. The third kappa shape index (κ3) is 2.33. The second kappa shape index (κ2) is 3.71. The molecule has 0 aliphatic heterocycles. The van der Waals surface area contributed by atoms with Crippen LogP contribution in [0.5, 0.6) is 0 Å². The minimum Gasteiger partial charge on any atom is -0.314 e. The van der Waals surface area contributed by atoms with Crippen LogP contribution in [0, 0.1) is 0 Å². The molecule has 0 aromatic carbocycles. The summed E-state index contributed by atoms with van der Waals surface area (Å²) in [5, 5.41) is 3.42. The fraction of sp³-hybridized carbons (Fsp3) is 0.600. The van der Waals surface area contributed by atoms with Crippen molar-refractivity contribution in [1.29, 1.82) is 0 Å². The van der Waals surface area contributed by atoms with Gasteiger partial charge in [-0.25, -0.2) is 0 Å². The molecule has 1 saturated carbocycles. The molecule has 1 aliphatic carbocycles. The van der Waals surface area contributed by atoms with Gasteiger partial charge < -0.3 is 5.32 Å². The summed E-state index contributed by atoms with van der Waals surface area (Å²) in [6.07, 6.45) is 5.22. The predicted molar refractivity (Wildman–Crippen MR) is 61.4 cm³/mol. The molecule has 0 atom stereocenters. The zero-order valence-electron chi connectivity index (χ0n) is 7.77. The molecule has 1 aromatic rings. The van der Waals surface area contributed by atoms with E-state index in [9.17, 15) is 0 Å². The second-order valence-electron chi connectivity index (χ2n) is 3.74. The molecule has 72 valence electrons. The van der Waals surface area contributed by atoms with E-state index >= 15 is 0 Å². The molecule has 0 radical (unpaired) electrons. The molecule has 0 spiro atoms. The molecular formula is C10H14BrNS. The van der Waals surface area contributed by atoms with Gasteiger partial charge in [-0.05, 0) is 60.8 Å². The molecule has 0 bridgehead atoms. The van der Waals surface area contributed by atoms with E-state index < -0.39 is 0 Å². The number of rotatable bonds is 4. The summed E-state index contributed by atoms with van der Waals surface area (Å²) in [5.41, 5.74) is 0.496. The fourth-order valence-corrected chi connectivity index (χ4v) is 3.11. The highest BCUT2D eigenvalue weighted by Crippen LogP contribution is 2.39. The van der Waals surface area contributed by atoms with Gasteiger partial charge in [-0.3, -0.25) is 0 Å². The highest BCUT2D eigenvalue weighted by atomic mass is 79.9. The van der Waals surface area contributed by atoms with Crippen LogP contribution >= 0.6 is 27.3 Å². The van der Waals surface area contributed by atoms with Crippen LogP contribution in [0.25, 0.3) is 0 Å². The first-order chi connectivity index (χ1) is 6.24. The van der Waals surface area contributed by atoms with Crippen LogP contribution in [0.1, 0.15) is 24.1 Å². The molecule has 1 fully saturated rings.